The van der Waals surface area contributed by atoms with E-state index in [0.29, 0.717) is 41.7 Å². The minimum Gasteiger partial charge on any atom is -0.493 e. The molecule has 164 valence electrons. The van der Waals surface area contributed by atoms with Gasteiger partial charge in [-0.15, -0.1) is 0 Å². The third kappa shape index (κ3) is 4.55. The average molecular weight is 451 g/mol. The van der Waals surface area contributed by atoms with Crippen LogP contribution < -0.4 is 15.2 Å². The number of hydrogen-bond donors (Lipinski definition) is 1. The zero-order chi connectivity index (χ0) is 22.7. The van der Waals surface area contributed by atoms with Crippen LogP contribution in [0, 0.1) is 0 Å². The maximum absolute atomic E-state index is 13.3. The molecule has 0 bridgehead atoms. The van der Waals surface area contributed by atoms with Crippen LogP contribution in [-0.2, 0) is 24.4 Å². The van der Waals surface area contributed by atoms with E-state index >= 15 is 0 Å². The highest BCUT2D eigenvalue weighted by Crippen LogP contribution is 2.31. The molecule has 3 aromatic carbocycles. The molecule has 1 aliphatic rings. The summed E-state index contributed by atoms with van der Waals surface area (Å²) in [5.74, 6) is 0.126. The molecule has 4 rings (SSSR count). The van der Waals surface area contributed by atoms with Crippen LogP contribution >= 0.6 is 11.6 Å². The number of ether oxygens (including phenoxy) is 2. The summed E-state index contributed by atoms with van der Waals surface area (Å²) >= 11 is 5.92. The number of methoxy groups -OCH3 is 1. The van der Waals surface area contributed by atoms with Crippen molar-refractivity contribution in [2.24, 2.45) is 5.73 Å². The van der Waals surface area contributed by atoms with E-state index in [1.165, 1.54) is 12.0 Å². The molecule has 1 aliphatic heterocycles. The third-order valence-electron chi connectivity index (χ3n) is 5.56. The maximum atomic E-state index is 13.3. The number of rotatable bonds is 6. The van der Waals surface area contributed by atoms with E-state index in [0.717, 1.165) is 16.7 Å². The van der Waals surface area contributed by atoms with Gasteiger partial charge in [-0.3, -0.25) is 9.59 Å². The molecule has 7 heteroatoms. The minimum atomic E-state index is -0.704. The Morgan fingerprint density at radius 3 is 2.44 bits per heavy atom. The lowest BCUT2D eigenvalue weighted by molar-refractivity contribution is -0.122. The number of fused-ring (bicyclic) bond motifs is 1. The first-order valence-electron chi connectivity index (χ1n) is 10.2. The predicted molar refractivity (Wildman–Crippen MR) is 122 cm³/mol. The zero-order valence-corrected chi connectivity index (χ0v) is 18.3. The van der Waals surface area contributed by atoms with Crippen LogP contribution in [0.4, 0.5) is 0 Å². The van der Waals surface area contributed by atoms with Gasteiger partial charge in [-0.2, -0.15) is 0 Å². The molecule has 0 saturated carbocycles. The fourth-order valence-electron chi connectivity index (χ4n) is 3.82. The summed E-state index contributed by atoms with van der Waals surface area (Å²) in [6.45, 7) is 0.646. The van der Waals surface area contributed by atoms with Gasteiger partial charge in [0.2, 0.25) is 5.91 Å². The van der Waals surface area contributed by atoms with Crippen molar-refractivity contribution >= 4 is 23.4 Å². The lowest BCUT2D eigenvalue weighted by Crippen LogP contribution is -2.51. The van der Waals surface area contributed by atoms with Crippen LogP contribution in [0.15, 0.2) is 66.7 Å². The van der Waals surface area contributed by atoms with E-state index in [2.05, 4.69) is 0 Å². The summed E-state index contributed by atoms with van der Waals surface area (Å²) in [5.41, 5.74) is 9.01. The first kappa shape index (κ1) is 21.7. The number of carbonyl (C=O) groups excluding carboxylic acids is 2. The Bertz CT molecular complexity index is 1150. The van der Waals surface area contributed by atoms with Crippen LogP contribution in [-0.4, -0.2) is 29.9 Å². The van der Waals surface area contributed by atoms with Gasteiger partial charge in [0, 0.05) is 23.6 Å². The molecule has 0 saturated heterocycles. The summed E-state index contributed by atoms with van der Waals surface area (Å²) in [7, 11) is 1.52. The predicted octanol–water partition coefficient (Wildman–Crippen LogP) is 3.98. The molecule has 2 N–H and O–H groups in total. The van der Waals surface area contributed by atoms with Crippen molar-refractivity contribution in [2.75, 3.05) is 7.11 Å². The van der Waals surface area contributed by atoms with Crippen molar-refractivity contribution in [3.8, 4) is 11.5 Å². The minimum absolute atomic E-state index is 0.286. The number of carbonyl (C=O) groups is 2. The number of hydrogen-bond acceptors (Lipinski definition) is 4. The number of benzene rings is 3. The quantitative estimate of drug-likeness (QED) is 0.615. The molecule has 0 fully saturated rings. The molecule has 3 aromatic rings. The van der Waals surface area contributed by atoms with Crippen molar-refractivity contribution in [3.63, 3.8) is 0 Å². The Morgan fingerprint density at radius 1 is 1.03 bits per heavy atom. The Labute approximate surface area is 191 Å². The normalized spacial score (nSPS) is 15.1. The molecule has 32 heavy (non-hydrogen) atoms. The first-order valence-corrected chi connectivity index (χ1v) is 10.6. The summed E-state index contributed by atoms with van der Waals surface area (Å²) in [5, 5.41) is 0.656. The monoisotopic (exact) mass is 450 g/mol. The number of nitrogens with two attached hydrogens (primary N) is 1. The van der Waals surface area contributed by atoms with Gasteiger partial charge in [0.05, 0.1) is 7.11 Å². The highest BCUT2D eigenvalue weighted by atomic mass is 35.5. The summed E-state index contributed by atoms with van der Waals surface area (Å²) in [6, 6.07) is 19.4. The number of amides is 2. The summed E-state index contributed by atoms with van der Waals surface area (Å²) < 4.78 is 11.3. The molecule has 2 amide bonds. The van der Waals surface area contributed by atoms with Crippen LogP contribution in [0.2, 0.25) is 5.02 Å². The second-order valence-corrected chi connectivity index (χ2v) is 8.04. The Kier molecular flexibility index (Phi) is 6.32. The van der Waals surface area contributed by atoms with Crippen LogP contribution in [0.25, 0.3) is 0 Å². The van der Waals surface area contributed by atoms with E-state index in [9.17, 15) is 9.59 Å². The molecule has 0 unspecified atom stereocenters. The molecule has 0 aliphatic carbocycles. The van der Waals surface area contributed by atoms with Crippen LogP contribution in [0.3, 0.4) is 0 Å². The molecular weight excluding hydrogens is 428 g/mol. The Balaban J connectivity index is 1.55. The van der Waals surface area contributed by atoms with Gasteiger partial charge in [0.1, 0.15) is 12.6 Å². The number of nitrogens with zero attached hydrogens (tertiary/aromatic N) is 1. The van der Waals surface area contributed by atoms with Gasteiger partial charge in [-0.1, -0.05) is 48.0 Å². The second-order valence-electron chi connectivity index (χ2n) is 7.60. The maximum Gasteiger partial charge on any atom is 0.254 e. The fraction of sp³-hybridized carbons (Fsp3) is 0.200. The van der Waals surface area contributed by atoms with Gasteiger partial charge in [0.25, 0.3) is 5.91 Å². The average Bonchev–Trinajstić information content (AvgIpc) is 2.82. The van der Waals surface area contributed by atoms with Gasteiger partial charge in [-0.05, 0) is 47.0 Å². The smallest absolute Gasteiger partial charge is 0.254 e. The van der Waals surface area contributed by atoms with Crippen LogP contribution in [0.1, 0.15) is 27.0 Å². The lowest BCUT2D eigenvalue weighted by Gasteiger charge is -2.35. The van der Waals surface area contributed by atoms with Crippen molar-refractivity contribution < 1.29 is 19.1 Å². The summed E-state index contributed by atoms with van der Waals surface area (Å²) in [4.78, 5) is 26.9. The molecule has 6 nitrogen and oxygen atoms in total. The molecule has 1 atom stereocenters. The van der Waals surface area contributed by atoms with Gasteiger partial charge >= 0.3 is 0 Å². The second kappa shape index (κ2) is 9.32. The largest absolute Gasteiger partial charge is 0.493 e. The Hall–Kier alpha value is -3.51. The van der Waals surface area contributed by atoms with Gasteiger partial charge in [0.15, 0.2) is 11.5 Å². The third-order valence-corrected chi connectivity index (χ3v) is 5.81. The molecule has 0 aromatic heterocycles. The number of halogens is 1. The van der Waals surface area contributed by atoms with E-state index < -0.39 is 11.9 Å². The molecule has 0 spiro atoms. The zero-order valence-electron chi connectivity index (χ0n) is 17.6. The van der Waals surface area contributed by atoms with E-state index in [1.807, 2.05) is 36.4 Å². The van der Waals surface area contributed by atoms with Crippen molar-refractivity contribution in [2.45, 2.75) is 25.6 Å². The number of primary amides is 1. The highest BCUT2D eigenvalue weighted by molar-refractivity contribution is 6.30. The highest BCUT2D eigenvalue weighted by Gasteiger charge is 2.34. The SMILES string of the molecule is COc1cc(C(=O)N2Cc3ccccc3C[C@H]2C(N)=O)ccc1OCc1ccc(Cl)cc1. The first-order chi connectivity index (χ1) is 15.5. The molecular formula is C25H23ClN2O4. The van der Waals surface area contributed by atoms with Gasteiger partial charge in [-0.25, -0.2) is 0 Å². The topological polar surface area (TPSA) is 81.9 Å². The lowest BCUT2D eigenvalue weighted by atomic mass is 9.93. The Morgan fingerprint density at radius 2 is 1.75 bits per heavy atom. The van der Waals surface area contributed by atoms with Crippen molar-refractivity contribution in [1.82, 2.24) is 4.90 Å². The fourth-order valence-corrected chi connectivity index (χ4v) is 3.94. The summed E-state index contributed by atoms with van der Waals surface area (Å²) in [6.07, 6.45) is 0.399. The molecule has 1 heterocycles. The van der Waals surface area contributed by atoms with E-state index in [-0.39, 0.29) is 5.91 Å². The van der Waals surface area contributed by atoms with E-state index in [1.54, 1.807) is 30.3 Å². The van der Waals surface area contributed by atoms with Crippen LogP contribution in [0.5, 0.6) is 11.5 Å². The van der Waals surface area contributed by atoms with Crippen molar-refractivity contribution in [1.29, 1.82) is 0 Å². The molecule has 0 radical (unpaired) electrons. The van der Waals surface area contributed by atoms with Crippen molar-refractivity contribution in [3.05, 3.63) is 94.0 Å². The standard InChI is InChI=1S/C25H23ClN2O4/c1-31-23-13-18(8-11-22(23)32-15-16-6-9-20(26)10-7-16)25(30)28-14-19-5-3-2-4-17(19)12-21(28)24(27)29/h2-11,13,21H,12,14-15H2,1H3,(H2,27,29)/t21-/m0/s1. The van der Waals surface area contributed by atoms with Gasteiger partial charge < -0.3 is 20.1 Å². The van der Waals surface area contributed by atoms with E-state index in [4.69, 9.17) is 26.8 Å².